The van der Waals surface area contributed by atoms with E-state index in [0.717, 1.165) is 18.7 Å². The van der Waals surface area contributed by atoms with Crippen molar-refractivity contribution in [1.29, 1.82) is 0 Å². The topological polar surface area (TPSA) is 29.1 Å². The molecule has 0 amide bonds. The highest BCUT2D eigenvalue weighted by Crippen LogP contribution is 2.24. The van der Waals surface area contributed by atoms with Crippen molar-refractivity contribution in [1.82, 2.24) is 5.32 Å². The number of hydrogen-bond donors (Lipinski definition) is 1. The molecule has 17 heavy (non-hydrogen) atoms. The highest BCUT2D eigenvalue weighted by atomic mass is 32.2. The first kappa shape index (κ1) is 15.2. The van der Waals surface area contributed by atoms with Crippen molar-refractivity contribution < 1.29 is 4.21 Å². The summed E-state index contributed by atoms with van der Waals surface area (Å²) in [4.78, 5) is 0. The van der Waals surface area contributed by atoms with Crippen molar-refractivity contribution in [2.45, 2.75) is 70.6 Å². The molecule has 3 heteroatoms. The first-order valence-electron chi connectivity index (χ1n) is 7.29. The predicted octanol–water partition coefficient (Wildman–Crippen LogP) is 3.09. The first-order chi connectivity index (χ1) is 8.19. The van der Waals surface area contributed by atoms with Crippen LogP contribution in [0.5, 0.6) is 0 Å². The highest BCUT2D eigenvalue weighted by Gasteiger charge is 2.25. The molecule has 1 saturated carbocycles. The Morgan fingerprint density at radius 3 is 2.47 bits per heavy atom. The zero-order chi connectivity index (χ0) is 12.7. The molecular weight excluding hydrogens is 230 g/mol. The van der Waals surface area contributed by atoms with E-state index in [0.29, 0.717) is 17.2 Å². The standard InChI is InChI=1S/C14H29NOS/c1-4-10-15-14(12(3)5-2)11-17(16)13-8-6-7-9-13/h12-15H,4-11H2,1-3H3. The third kappa shape index (κ3) is 5.09. The van der Waals surface area contributed by atoms with Crippen LogP contribution in [0.3, 0.4) is 0 Å². The van der Waals surface area contributed by atoms with Gasteiger partial charge in [-0.05, 0) is 31.7 Å². The molecule has 1 aliphatic carbocycles. The maximum atomic E-state index is 12.3. The van der Waals surface area contributed by atoms with Crippen molar-refractivity contribution in [3.8, 4) is 0 Å². The molecule has 2 nitrogen and oxygen atoms in total. The van der Waals surface area contributed by atoms with E-state index in [1.807, 2.05) is 0 Å². The van der Waals surface area contributed by atoms with Gasteiger partial charge >= 0.3 is 0 Å². The molecule has 1 fully saturated rings. The third-order valence-corrected chi connectivity index (χ3v) is 5.91. The summed E-state index contributed by atoms with van der Waals surface area (Å²) < 4.78 is 12.3. The van der Waals surface area contributed by atoms with Crippen molar-refractivity contribution in [2.75, 3.05) is 12.3 Å². The quantitative estimate of drug-likeness (QED) is 0.726. The Kier molecular flexibility index (Phi) is 7.36. The second-order valence-corrected chi connectivity index (χ2v) is 7.16. The molecule has 0 spiro atoms. The Labute approximate surface area is 109 Å². The van der Waals surface area contributed by atoms with Crippen LogP contribution < -0.4 is 5.32 Å². The Morgan fingerprint density at radius 2 is 1.94 bits per heavy atom. The minimum absolute atomic E-state index is 0.446. The normalized spacial score (nSPS) is 22.5. The molecule has 0 aromatic carbocycles. The van der Waals surface area contributed by atoms with Crippen molar-refractivity contribution in [2.24, 2.45) is 5.92 Å². The minimum Gasteiger partial charge on any atom is -0.313 e. The summed E-state index contributed by atoms with van der Waals surface area (Å²) in [6, 6.07) is 0.446. The molecule has 0 heterocycles. The van der Waals surface area contributed by atoms with Crippen LogP contribution >= 0.6 is 0 Å². The maximum absolute atomic E-state index is 12.3. The van der Waals surface area contributed by atoms with E-state index in [1.54, 1.807) is 0 Å². The second kappa shape index (κ2) is 8.25. The van der Waals surface area contributed by atoms with Crippen LogP contribution in [0, 0.1) is 5.92 Å². The van der Waals surface area contributed by atoms with Crippen LogP contribution in [-0.4, -0.2) is 27.8 Å². The molecule has 3 atom stereocenters. The van der Waals surface area contributed by atoms with Crippen LogP contribution in [-0.2, 0) is 10.8 Å². The van der Waals surface area contributed by atoms with Gasteiger partial charge in [0, 0.05) is 27.8 Å². The van der Waals surface area contributed by atoms with Crippen LogP contribution in [0.15, 0.2) is 0 Å². The van der Waals surface area contributed by atoms with Gasteiger partial charge in [0.25, 0.3) is 0 Å². The van der Waals surface area contributed by atoms with Gasteiger partial charge in [-0.15, -0.1) is 0 Å². The van der Waals surface area contributed by atoms with Crippen LogP contribution in [0.1, 0.15) is 59.3 Å². The van der Waals surface area contributed by atoms with Crippen molar-refractivity contribution in [3.63, 3.8) is 0 Å². The molecule has 0 radical (unpaired) electrons. The summed E-state index contributed by atoms with van der Waals surface area (Å²) in [7, 11) is -0.614. The molecule has 0 bridgehead atoms. The van der Waals surface area contributed by atoms with Gasteiger partial charge in [0.15, 0.2) is 0 Å². The summed E-state index contributed by atoms with van der Waals surface area (Å²) >= 11 is 0. The van der Waals surface area contributed by atoms with Gasteiger partial charge in [-0.1, -0.05) is 40.0 Å². The Morgan fingerprint density at radius 1 is 1.29 bits per heavy atom. The first-order valence-corrected chi connectivity index (χ1v) is 8.67. The summed E-state index contributed by atoms with van der Waals surface area (Å²) in [5, 5.41) is 4.07. The lowest BCUT2D eigenvalue weighted by Crippen LogP contribution is -2.41. The monoisotopic (exact) mass is 259 g/mol. The highest BCUT2D eigenvalue weighted by molar-refractivity contribution is 7.85. The lowest BCUT2D eigenvalue weighted by atomic mass is 10.0. The van der Waals surface area contributed by atoms with Gasteiger partial charge in [-0.2, -0.15) is 0 Å². The molecule has 0 aromatic rings. The number of hydrogen-bond acceptors (Lipinski definition) is 2. The molecule has 102 valence electrons. The van der Waals surface area contributed by atoms with Gasteiger partial charge in [-0.25, -0.2) is 0 Å². The Balaban J connectivity index is 2.43. The fraction of sp³-hybridized carbons (Fsp3) is 1.00. The average molecular weight is 259 g/mol. The second-order valence-electron chi connectivity index (χ2n) is 5.40. The molecule has 0 aliphatic heterocycles. The van der Waals surface area contributed by atoms with E-state index in [-0.39, 0.29) is 0 Å². The van der Waals surface area contributed by atoms with Crippen LogP contribution in [0.25, 0.3) is 0 Å². The lowest BCUT2D eigenvalue weighted by Gasteiger charge is -2.25. The van der Waals surface area contributed by atoms with Gasteiger partial charge in [0.2, 0.25) is 0 Å². The molecule has 1 aliphatic rings. The fourth-order valence-corrected chi connectivity index (χ4v) is 4.43. The summed E-state index contributed by atoms with van der Waals surface area (Å²) in [5.41, 5.74) is 0. The SMILES string of the molecule is CCCNC(CS(=O)C1CCCC1)C(C)CC. The average Bonchev–Trinajstić information content (AvgIpc) is 2.87. The van der Waals surface area contributed by atoms with E-state index >= 15 is 0 Å². The minimum atomic E-state index is -0.614. The van der Waals surface area contributed by atoms with Gasteiger partial charge in [-0.3, -0.25) is 4.21 Å². The number of nitrogens with one attached hydrogen (secondary N) is 1. The third-order valence-electron chi connectivity index (χ3n) is 4.01. The van der Waals surface area contributed by atoms with E-state index in [9.17, 15) is 4.21 Å². The summed E-state index contributed by atoms with van der Waals surface area (Å²) in [6.45, 7) is 7.74. The lowest BCUT2D eigenvalue weighted by molar-refractivity contribution is 0.394. The van der Waals surface area contributed by atoms with E-state index in [1.165, 1.54) is 32.1 Å². The zero-order valence-electron chi connectivity index (χ0n) is 11.7. The molecule has 1 rings (SSSR count). The van der Waals surface area contributed by atoms with Gasteiger partial charge in [0.05, 0.1) is 0 Å². The Hall–Kier alpha value is 0.110. The predicted molar refractivity (Wildman–Crippen MR) is 76.8 cm³/mol. The van der Waals surface area contributed by atoms with Crippen LogP contribution in [0.2, 0.25) is 0 Å². The summed E-state index contributed by atoms with van der Waals surface area (Å²) in [6.07, 6.45) is 7.27. The largest absolute Gasteiger partial charge is 0.313 e. The Bertz CT molecular complexity index is 226. The molecule has 3 unspecified atom stereocenters. The molecule has 0 aromatic heterocycles. The van der Waals surface area contributed by atoms with Gasteiger partial charge < -0.3 is 5.32 Å². The smallest absolute Gasteiger partial charge is 0.0394 e. The zero-order valence-corrected chi connectivity index (χ0v) is 12.5. The molecule has 0 saturated heterocycles. The van der Waals surface area contributed by atoms with Crippen LogP contribution in [0.4, 0.5) is 0 Å². The fourth-order valence-electron chi connectivity index (χ4n) is 2.50. The van der Waals surface area contributed by atoms with E-state index < -0.39 is 10.8 Å². The molecular formula is C14H29NOS. The van der Waals surface area contributed by atoms with E-state index in [4.69, 9.17) is 0 Å². The van der Waals surface area contributed by atoms with Crippen molar-refractivity contribution in [3.05, 3.63) is 0 Å². The number of rotatable bonds is 8. The van der Waals surface area contributed by atoms with E-state index in [2.05, 4.69) is 26.1 Å². The molecule has 1 N–H and O–H groups in total. The van der Waals surface area contributed by atoms with Crippen molar-refractivity contribution >= 4 is 10.8 Å². The maximum Gasteiger partial charge on any atom is 0.0394 e. The summed E-state index contributed by atoms with van der Waals surface area (Å²) in [5.74, 6) is 1.49. The van der Waals surface area contributed by atoms with Gasteiger partial charge in [0.1, 0.15) is 0 Å².